The van der Waals surface area contributed by atoms with Gasteiger partial charge in [0.1, 0.15) is 12.7 Å². The fourth-order valence-electron chi connectivity index (χ4n) is 2.07. The second-order valence-corrected chi connectivity index (χ2v) is 5.56. The quantitative estimate of drug-likeness (QED) is 0.770. The summed E-state index contributed by atoms with van der Waals surface area (Å²) in [6, 6.07) is 14.0. The van der Waals surface area contributed by atoms with Crippen molar-refractivity contribution in [2.45, 2.75) is 0 Å². The van der Waals surface area contributed by atoms with Crippen LogP contribution >= 0.6 is 15.9 Å². The Balaban J connectivity index is 1.95. The van der Waals surface area contributed by atoms with E-state index < -0.39 is 0 Å². The van der Waals surface area contributed by atoms with Crippen molar-refractivity contribution in [3.63, 3.8) is 0 Å². The molecule has 0 atom stereocenters. The Morgan fingerprint density at radius 2 is 2.13 bits per heavy atom. The molecule has 0 aliphatic carbocycles. The first-order chi connectivity index (χ1) is 11.2. The van der Waals surface area contributed by atoms with Gasteiger partial charge in [-0.15, -0.1) is 0 Å². The second kappa shape index (κ2) is 6.42. The van der Waals surface area contributed by atoms with Crippen LogP contribution in [0, 0.1) is 11.3 Å². The van der Waals surface area contributed by atoms with Gasteiger partial charge in [0.25, 0.3) is 5.91 Å². The molecule has 7 heteroatoms. The molecule has 0 aliphatic heterocycles. The van der Waals surface area contributed by atoms with E-state index in [9.17, 15) is 4.79 Å². The van der Waals surface area contributed by atoms with Crippen LogP contribution in [-0.4, -0.2) is 20.7 Å². The lowest BCUT2D eigenvalue weighted by Gasteiger charge is -2.11. The second-order valence-electron chi connectivity index (χ2n) is 4.65. The van der Waals surface area contributed by atoms with Crippen LogP contribution in [0.15, 0.2) is 59.6 Å². The van der Waals surface area contributed by atoms with E-state index in [-0.39, 0.29) is 5.91 Å². The fraction of sp³-hybridized carbons (Fsp3) is 0. The summed E-state index contributed by atoms with van der Waals surface area (Å²) >= 11 is 3.39. The molecule has 0 radical (unpaired) electrons. The van der Waals surface area contributed by atoms with Gasteiger partial charge >= 0.3 is 0 Å². The SMILES string of the molecule is N#Cc1cccc(C(=O)Nc2cc(Br)ccc2-n2cncn2)c1. The molecule has 1 N–H and O–H groups in total. The summed E-state index contributed by atoms with van der Waals surface area (Å²) in [7, 11) is 0. The lowest BCUT2D eigenvalue weighted by Crippen LogP contribution is -2.14. The first-order valence-electron chi connectivity index (χ1n) is 6.63. The third-order valence-electron chi connectivity index (χ3n) is 3.13. The summed E-state index contributed by atoms with van der Waals surface area (Å²) in [5.41, 5.74) is 2.12. The van der Waals surface area contributed by atoms with E-state index >= 15 is 0 Å². The minimum atomic E-state index is -0.304. The average Bonchev–Trinajstić information content (AvgIpc) is 3.09. The molecule has 112 valence electrons. The minimum Gasteiger partial charge on any atom is -0.320 e. The predicted octanol–water partition coefficient (Wildman–Crippen LogP) is 3.15. The van der Waals surface area contributed by atoms with Crippen molar-refractivity contribution in [3.05, 3.63) is 70.7 Å². The fourth-order valence-corrected chi connectivity index (χ4v) is 2.43. The normalized spacial score (nSPS) is 10.1. The molecule has 0 spiro atoms. The van der Waals surface area contributed by atoms with Gasteiger partial charge in [-0.1, -0.05) is 22.0 Å². The maximum Gasteiger partial charge on any atom is 0.255 e. The minimum absolute atomic E-state index is 0.304. The maximum absolute atomic E-state index is 12.4. The molecule has 0 saturated carbocycles. The van der Waals surface area contributed by atoms with Crippen LogP contribution in [0.4, 0.5) is 5.69 Å². The summed E-state index contributed by atoms with van der Waals surface area (Å²) in [6.07, 6.45) is 2.97. The number of nitrogens with zero attached hydrogens (tertiary/aromatic N) is 4. The Labute approximate surface area is 140 Å². The van der Waals surface area contributed by atoms with Crippen LogP contribution in [0.25, 0.3) is 5.69 Å². The molecular weight excluding hydrogens is 358 g/mol. The first-order valence-corrected chi connectivity index (χ1v) is 7.43. The number of carbonyl (C=O) groups excluding carboxylic acids is 1. The summed E-state index contributed by atoms with van der Waals surface area (Å²) < 4.78 is 2.38. The van der Waals surface area contributed by atoms with E-state index in [2.05, 4.69) is 31.3 Å². The Morgan fingerprint density at radius 1 is 1.26 bits per heavy atom. The van der Waals surface area contributed by atoms with Gasteiger partial charge in [-0.25, -0.2) is 9.67 Å². The number of anilines is 1. The van der Waals surface area contributed by atoms with Gasteiger partial charge in [-0.05, 0) is 36.4 Å². The lowest BCUT2D eigenvalue weighted by atomic mass is 10.1. The van der Waals surface area contributed by atoms with E-state index in [1.807, 2.05) is 18.2 Å². The first kappa shape index (κ1) is 14.9. The number of nitrogens with one attached hydrogen (secondary N) is 1. The van der Waals surface area contributed by atoms with Gasteiger partial charge in [0.05, 0.1) is 23.0 Å². The van der Waals surface area contributed by atoms with Crippen molar-refractivity contribution in [2.24, 2.45) is 0 Å². The van der Waals surface area contributed by atoms with Crippen LogP contribution < -0.4 is 5.32 Å². The largest absolute Gasteiger partial charge is 0.320 e. The molecular formula is C16H10BrN5O. The highest BCUT2D eigenvalue weighted by atomic mass is 79.9. The number of nitriles is 1. The van der Waals surface area contributed by atoms with Crippen molar-refractivity contribution >= 4 is 27.5 Å². The zero-order valence-corrected chi connectivity index (χ0v) is 13.4. The van der Waals surface area contributed by atoms with Gasteiger partial charge in [-0.3, -0.25) is 4.79 Å². The molecule has 6 nitrogen and oxygen atoms in total. The van der Waals surface area contributed by atoms with Gasteiger partial charge < -0.3 is 5.32 Å². The van der Waals surface area contributed by atoms with Gasteiger partial charge in [-0.2, -0.15) is 10.4 Å². The van der Waals surface area contributed by atoms with Crippen molar-refractivity contribution < 1.29 is 4.79 Å². The molecule has 1 aromatic heterocycles. The molecule has 0 fully saturated rings. The molecule has 1 amide bonds. The van der Waals surface area contributed by atoms with Gasteiger partial charge in [0.2, 0.25) is 0 Å². The number of halogens is 1. The van der Waals surface area contributed by atoms with E-state index in [4.69, 9.17) is 5.26 Å². The van der Waals surface area contributed by atoms with Crippen LogP contribution in [0.2, 0.25) is 0 Å². The number of aromatic nitrogens is 3. The lowest BCUT2D eigenvalue weighted by molar-refractivity contribution is 0.102. The molecule has 0 unspecified atom stereocenters. The summed E-state index contributed by atoms with van der Waals surface area (Å²) in [6.45, 7) is 0. The number of amides is 1. The number of hydrogen-bond acceptors (Lipinski definition) is 4. The maximum atomic E-state index is 12.4. The predicted molar refractivity (Wildman–Crippen MR) is 88.2 cm³/mol. The Morgan fingerprint density at radius 3 is 2.87 bits per heavy atom. The third kappa shape index (κ3) is 3.27. The average molecular weight is 368 g/mol. The third-order valence-corrected chi connectivity index (χ3v) is 3.62. The number of rotatable bonds is 3. The van der Waals surface area contributed by atoms with Crippen molar-refractivity contribution in [3.8, 4) is 11.8 Å². The van der Waals surface area contributed by atoms with Crippen molar-refractivity contribution in [1.29, 1.82) is 5.26 Å². The smallest absolute Gasteiger partial charge is 0.255 e. The zero-order valence-electron chi connectivity index (χ0n) is 11.8. The molecule has 1 heterocycles. The van der Waals surface area contributed by atoms with E-state index in [1.165, 1.54) is 6.33 Å². The van der Waals surface area contributed by atoms with Crippen LogP contribution in [0.3, 0.4) is 0 Å². The van der Waals surface area contributed by atoms with E-state index in [0.717, 1.165) is 4.47 Å². The van der Waals surface area contributed by atoms with E-state index in [1.54, 1.807) is 41.3 Å². The highest BCUT2D eigenvalue weighted by molar-refractivity contribution is 9.10. The molecule has 3 aromatic rings. The van der Waals surface area contributed by atoms with Crippen LogP contribution in [0.1, 0.15) is 15.9 Å². The molecule has 0 bridgehead atoms. The van der Waals surface area contributed by atoms with Crippen molar-refractivity contribution in [2.75, 3.05) is 5.32 Å². The molecule has 23 heavy (non-hydrogen) atoms. The molecule has 3 rings (SSSR count). The van der Waals surface area contributed by atoms with Gasteiger partial charge in [0.15, 0.2) is 0 Å². The number of carbonyl (C=O) groups is 1. The monoisotopic (exact) mass is 367 g/mol. The molecule has 2 aromatic carbocycles. The number of benzene rings is 2. The Hall–Kier alpha value is -2.98. The molecule has 0 saturated heterocycles. The summed E-state index contributed by atoms with van der Waals surface area (Å²) in [5.74, 6) is -0.304. The Kier molecular flexibility index (Phi) is 4.17. The Bertz CT molecular complexity index is 899. The summed E-state index contributed by atoms with van der Waals surface area (Å²) in [4.78, 5) is 16.3. The highest BCUT2D eigenvalue weighted by Crippen LogP contribution is 2.24. The topological polar surface area (TPSA) is 83.6 Å². The van der Waals surface area contributed by atoms with Crippen LogP contribution in [-0.2, 0) is 0 Å². The summed E-state index contributed by atoms with van der Waals surface area (Å²) in [5, 5.41) is 15.9. The number of hydrogen-bond donors (Lipinski definition) is 1. The van der Waals surface area contributed by atoms with Crippen LogP contribution in [0.5, 0.6) is 0 Å². The standard InChI is InChI=1S/C16H10BrN5O/c17-13-4-5-15(22-10-19-9-20-22)14(7-13)21-16(23)12-3-1-2-11(6-12)8-18/h1-7,9-10H,(H,21,23). The van der Waals surface area contributed by atoms with Crippen molar-refractivity contribution in [1.82, 2.24) is 14.8 Å². The van der Waals surface area contributed by atoms with Gasteiger partial charge in [0, 0.05) is 10.0 Å². The van der Waals surface area contributed by atoms with E-state index in [0.29, 0.717) is 22.5 Å². The highest BCUT2D eigenvalue weighted by Gasteiger charge is 2.12. The zero-order chi connectivity index (χ0) is 16.2. The molecule has 0 aliphatic rings.